The maximum atomic E-state index is 14.4. The Morgan fingerprint density at radius 1 is 0.826 bits per heavy atom. The van der Waals surface area contributed by atoms with E-state index < -0.39 is 28.5 Å². The van der Waals surface area contributed by atoms with E-state index in [0.29, 0.717) is 22.8 Å². The van der Waals surface area contributed by atoms with Gasteiger partial charge in [-0.3, -0.25) is 13.9 Å². The highest BCUT2D eigenvalue weighted by Crippen LogP contribution is 2.37. The maximum Gasteiger partial charge on any atom is 0.265 e. The van der Waals surface area contributed by atoms with Crippen molar-refractivity contribution in [3.63, 3.8) is 0 Å². The SMILES string of the molecule is CC[C@H](C)NC(=O)[C@H](CC)N(Cc1ccc(Cl)cc1Cl)C(=O)CN(c1cc(Cl)ccc1OC)S(=O)(=O)c1ccc(OC)c(OC)c1. The van der Waals surface area contributed by atoms with Gasteiger partial charge in [-0.1, -0.05) is 54.7 Å². The smallest absolute Gasteiger partial charge is 0.265 e. The van der Waals surface area contributed by atoms with E-state index in [2.05, 4.69) is 5.32 Å². The molecule has 0 aliphatic rings. The van der Waals surface area contributed by atoms with Crippen LogP contribution in [0, 0.1) is 0 Å². The topological polar surface area (TPSA) is 114 Å². The molecule has 0 unspecified atom stereocenters. The number of carbonyl (C=O) groups excluding carboxylic acids is 2. The number of sulfonamides is 1. The standard InChI is InChI=1S/C32H38Cl3N3O7S/c1-7-20(3)36-32(40)26(8-2)37(18-21-9-10-22(33)15-25(21)35)31(39)19-38(27-16-23(34)11-13-28(27)43-4)46(41,42)24-12-14-29(44-5)30(17-24)45-6/h9-17,20,26H,7-8,18-19H2,1-6H3,(H,36,40)/t20-,26-/m0/s1. The molecule has 0 saturated carbocycles. The Bertz CT molecular complexity index is 1660. The van der Waals surface area contributed by atoms with Gasteiger partial charge in [-0.25, -0.2) is 8.42 Å². The van der Waals surface area contributed by atoms with Gasteiger partial charge in [-0.2, -0.15) is 0 Å². The molecule has 2 atom stereocenters. The second kappa shape index (κ2) is 16.4. The Kier molecular flexibility index (Phi) is 13.3. The van der Waals surface area contributed by atoms with Crippen LogP contribution in [-0.4, -0.2) is 65.1 Å². The summed E-state index contributed by atoms with van der Waals surface area (Å²) < 4.78 is 45.8. The van der Waals surface area contributed by atoms with Crippen molar-refractivity contribution >= 4 is 62.3 Å². The molecular weight excluding hydrogens is 677 g/mol. The lowest BCUT2D eigenvalue weighted by Crippen LogP contribution is -2.53. The van der Waals surface area contributed by atoms with Crippen LogP contribution >= 0.6 is 34.8 Å². The highest BCUT2D eigenvalue weighted by molar-refractivity contribution is 7.92. The molecule has 3 rings (SSSR count). The van der Waals surface area contributed by atoms with Gasteiger partial charge in [0.1, 0.15) is 18.3 Å². The Balaban J connectivity index is 2.20. The summed E-state index contributed by atoms with van der Waals surface area (Å²) in [6.07, 6.45) is 0.910. The first kappa shape index (κ1) is 37.1. The van der Waals surface area contributed by atoms with Crippen LogP contribution in [-0.2, 0) is 26.2 Å². The minimum absolute atomic E-state index is 0.0136. The van der Waals surface area contributed by atoms with Gasteiger partial charge in [0.15, 0.2) is 11.5 Å². The van der Waals surface area contributed by atoms with Crippen LogP contribution in [0.15, 0.2) is 59.5 Å². The molecule has 0 spiro atoms. The van der Waals surface area contributed by atoms with Crippen molar-refractivity contribution in [2.24, 2.45) is 0 Å². The fraction of sp³-hybridized carbons (Fsp3) is 0.375. The second-order valence-corrected chi connectivity index (χ2v) is 13.5. The Morgan fingerprint density at radius 2 is 1.43 bits per heavy atom. The Morgan fingerprint density at radius 3 is 2.02 bits per heavy atom. The van der Waals surface area contributed by atoms with Gasteiger partial charge in [0.05, 0.1) is 31.9 Å². The molecule has 2 amide bonds. The van der Waals surface area contributed by atoms with E-state index in [1.54, 1.807) is 19.1 Å². The van der Waals surface area contributed by atoms with Crippen molar-refractivity contribution in [2.75, 3.05) is 32.2 Å². The molecule has 0 aromatic heterocycles. The number of rotatable bonds is 15. The number of carbonyl (C=O) groups is 2. The molecule has 0 radical (unpaired) electrons. The number of anilines is 1. The number of nitrogens with zero attached hydrogens (tertiary/aromatic N) is 2. The van der Waals surface area contributed by atoms with Crippen LogP contribution in [0.5, 0.6) is 17.2 Å². The number of halogens is 3. The van der Waals surface area contributed by atoms with Crippen LogP contribution < -0.4 is 23.8 Å². The van der Waals surface area contributed by atoms with Crippen molar-refractivity contribution in [3.05, 3.63) is 75.2 Å². The van der Waals surface area contributed by atoms with E-state index in [-0.39, 0.29) is 57.0 Å². The summed E-state index contributed by atoms with van der Waals surface area (Å²) in [5, 5.41) is 3.82. The average Bonchev–Trinajstić information content (AvgIpc) is 3.03. The monoisotopic (exact) mass is 713 g/mol. The molecule has 10 nitrogen and oxygen atoms in total. The zero-order chi connectivity index (χ0) is 34.2. The summed E-state index contributed by atoms with van der Waals surface area (Å²) >= 11 is 18.9. The van der Waals surface area contributed by atoms with E-state index in [1.165, 1.54) is 68.7 Å². The zero-order valence-electron chi connectivity index (χ0n) is 26.5. The first-order valence-corrected chi connectivity index (χ1v) is 17.0. The lowest BCUT2D eigenvalue weighted by atomic mass is 10.1. The first-order valence-electron chi connectivity index (χ1n) is 14.4. The van der Waals surface area contributed by atoms with Crippen molar-refractivity contribution in [2.45, 2.75) is 57.1 Å². The molecule has 0 fully saturated rings. The third kappa shape index (κ3) is 8.70. The largest absolute Gasteiger partial charge is 0.495 e. The molecule has 14 heteroatoms. The normalized spacial score (nSPS) is 12.5. The minimum Gasteiger partial charge on any atom is -0.495 e. The van der Waals surface area contributed by atoms with Crippen molar-refractivity contribution in [3.8, 4) is 17.2 Å². The molecule has 250 valence electrons. The van der Waals surface area contributed by atoms with Gasteiger partial charge in [0.2, 0.25) is 11.8 Å². The molecule has 0 aliphatic heterocycles. The molecule has 0 saturated heterocycles. The fourth-order valence-electron chi connectivity index (χ4n) is 4.67. The van der Waals surface area contributed by atoms with E-state index in [9.17, 15) is 18.0 Å². The van der Waals surface area contributed by atoms with Crippen LogP contribution in [0.1, 0.15) is 39.2 Å². The summed E-state index contributed by atoms with van der Waals surface area (Å²) in [6, 6.07) is 12.2. The summed E-state index contributed by atoms with van der Waals surface area (Å²) in [5.74, 6) is -0.434. The zero-order valence-corrected chi connectivity index (χ0v) is 29.6. The fourth-order valence-corrected chi connectivity index (χ4v) is 6.74. The lowest BCUT2D eigenvalue weighted by Gasteiger charge is -2.34. The Labute approximate surface area is 285 Å². The van der Waals surface area contributed by atoms with E-state index in [4.69, 9.17) is 49.0 Å². The van der Waals surface area contributed by atoms with E-state index >= 15 is 0 Å². The Hall–Kier alpha value is -3.38. The second-order valence-electron chi connectivity index (χ2n) is 10.3. The van der Waals surface area contributed by atoms with Gasteiger partial charge in [-0.05, 0) is 67.8 Å². The summed E-state index contributed by atoms with van der Waals surface area (Å²) in [6.45, 7) is 4.74. The summed E-state index contributed by atoms with van der Waals surface area (Å²) in [5.41, 5.74) is 0.531. The van der Waals surface area contributed by atoms with Gasteiger partial charge < -0.3 is 24.4 Å². The highest BCUT2D eigenvalue weighted by Gasteiger charge is 2.35. The highest BCUT2D eigenvalue weighted by atomic mass is 35.5. The quantitative estimate of drug-likeness (QED) is 0.189. The molecule has 3 aromatic rings. The number of nitrogens with one attached hydrogen (secondary N) is 1. The third-order valence-corrected chi connectivity index (χ3v) is 9.95. The average molecular weight is 715 g/mol. The first-order chi connectivity index (χ1) is 21.8. The van der Waals surface area contributed by atoms with Crippen molar-refractivity contribution < 1.29 is 32.2 Å². The van der Waals surface area contributed by atoms with Crippen molar-refractivity contribution in [1.29, 1.82) is 0 Å². The summed E-state index contributed by atoms with van der Waals surface area (Å²) in [4.78, 5) is 29.1. The minimum atomic E-state index is -4.48. The van der Waals surface area contributed by atoms with Gasteiger partial charge >= 0.3 is 0 Å². The number of ether oxygens (including phenoxy) is 3. The molecule has 0 heterocycles. The molecular formula is C32H38Cl3N3O7S. The molecule has 0 bridgehead atoms. The lowest BCUT2D eigenvalue weighted by molar-refractivity contribution is -0.140. The number of amides is 2. The molecule has 46 heavy (non-hydrogen) atoms. The number of benzene rings is 3. The summed E-state index contributed by atoms with van der Waals surface area (Å²) in [7, 11) is -0.305. The van der Waals surface area contributed by atoms with E-state index in [1.807, 2.05) is 13.8 Å². The van der Waals surface area contributed by atoms with Gasteiger partial charge in [-0.15, -0.1) is 0 Å². The van der Waals surface area contributed by atoms with Crippen LogP contribution in [0.4, 0.5) is 5.69 Å². The van der Waals surface area contributed by atoms with Crippen LogP contribution in [0.2, 0.25) is 15.1 Å². The molecule has 1 N–H and O–H groups in total. The number of hydrogen-bond acceptors (Lipinski definition) is 7. The number of methoxy groups -OCH3 is 3. The van der Waals surface area contributed by atoms with Crippen LogP contribution in [0.3, 0.4) is 0 Å². The van der Waals surface area contributed by atoms with E-state index in [0.717, 1.165) is 4.31 Å². The van der Waals surface area contributed by atoms with Gasteiger partial charge in [0, 0.05) is 33.7 Å². The third-order valence-electron chi connectivity index (χ3n) is 7.37. The molecule has 0 aliphatic carbocycles. The van der Waals surface area contributed by atoms with Crippen LogP contribution in [0.25, 0.3) is 0 Å². The van der Waals surface area contributed by atoms with Gasteiger partial charge in [0.25, 0.3) is 10.0 Å². The predicted molar refractivity (Wildman–Crippen MR) is 181 cm³/mol. The number of hydrogen-bond donors (Lipinski definition) is 1. The maximum absolute atomic E-state index is 14.4. The predicted octanol–water partition coefficient (Wildman–Crippen LogP) is 6.59. The molecule has 3 aromatic carbocycles. The van der Waals surface area contributed by atoms with Crippen molar-refractivity contribution in [1.82, 2.24) is 10.2 Å².